The lowest BCUT2D eigenvalue weighted by Crippen LogP contribution is -2.50. The predicted molar refractivity (Wildman–Crippen MR) is 116 cm³/mol. The Labute approximate surface area is 173 Å². The normalized spacial score (nSPS) is 16.0. The number of carbonyl (C=O) groups is 1. The van der Waals surface area contributed by atoms with Gasteiger partial charge in [0.2, 0.25) is 15.9 Å². The SMILES string of the molecule is Cc1ccc(NC(=O)CN2CCN(S(=O)(=O)c3ccc(C)c(C)c3)CC2)cc1C. The summed E-state index contributed by atoms with van der Waals surface area (Å²) in [6.07, 6.45) is 0. The molecule has 0 atom stereocenters. The third kappa shape index (κ3) is 5.04. The first kappa shape index (κ1) is 21.5. The molecule has 0 spiro atoms. The molecular weight excluding hydrogens is 386 g/mol. The Morgan fingerprint density at radius 1 is 0.862 bits per heavy atom. The molecule has 1 heterocycles. The second-order valence-corrected chi connectivity index (χ2v) is 9.71. The zero-order chi connectivity index (χ0) is 21.2. The van der Waals surface area contributed by atoms with Gasteiger partial charge in [0.25, 0.3) is 0 Å². The fourth-order valence-electron chi connectivity index (χ4n) is 3.37. The Bertz CT molecular complexity index is 1010. The maximum absolute atomic E-state index is 12.9. The fourth-order valence-corrected chi connectivity index (χ4v) is 4.88. The van der Waals surface area contributed by atoms with Crippen LogP contribution in [0.25, 0.3) is 0 Å². The van der Waals surface area contributed by atoms with Crippen molar-refractivity contribution in [2.24, 2.45) is 0 Å². The highest BCUT2D eigenvalue weighted by molar-refractivity contribution is 7.89. The Balaban J connectivity index is 1.56. The topological polar surface area (TPSA) is 69.7 Å². The van der Waals surface area contributed by atoms with Crippen LogP contribution < -0.4 is 5.32 Å². The van der Waals surface area contributed by atoms with Crippen LogP contribution in [0.1, 0.15) is 22.3 Å². The number of hydrogen-bond donors (Lipinski definition) is 1. The third-order valence-electron chi connectivity index (χ3n) is 5.61. The summed E-state index contributed by atoms with van der Waals surface area (Å²) in [5.74, 6) is -0.0845. The molecule has 1 fully saturated rings. The first-order chi connectivity index (χ1) is 13.7. The highest BCUT2D eigenvalue weighted by Gasteiger charge is 2.29. The van der Waals surface area contributed by atoms with E-state index in [0.29, 0.717) is 31.1 Å². The fraction of sp³-hybridized carbons (Fsp3) is 0.409. The average Bonchev–Trinajstić information content (AvgIpc) is 2.67. The van der Waals surface area contributed by atoms with E-state index in [4.69, 9.17) is 0 Å². The van der Waals surface area contributed by atoms with E-state index in [1.54, 1.807) is 12.1 Å². The molecule has 0 aromatic heterocycles. The van der Waals surface area contributed by atoms with Gasteiger partial charge in [0.15, 0.2) is 0 Å². The van der Waals surface area contributed by atoms with E-state index < -0.39 is 10.0 Å². The number of sulfonamides is 1. The molecule has 0 radical (unpaired) electrons. The first-order valence-corrected chi connectivity index (χ1v) is 11.3. The van der Waals surface area contributed by atoms with Crippen LogP contribution in [0, 0.1) is 27.7 Å². The second-order valence-electron chi connectivity index (χ2n) is 7.77. The molecule has 0 unspecified atom stereocenters. The van der Waals surface area contributed by atoms with Crippen molar-refractivity contribution in [2.45, 2.75) is 32.6 Å². The molecule has 0 saturated carbocycles. The van der Waals surface area contributed by atoms with Gasteiger partial charge >= 0.3 is 0 Å². The van der Waals surface area contributed by atoms with E-state index in [0.717, 1.165) is 22.4 Å². The third-order valence-corrected chi connectivity index (χ3v) is 7.50. The maximum Gasteiger partial charge on any atom is 0.243 e. The van der Waals surface area contributed by atoms with Crippen molar-refractivity contribution in [1.29, 1.82) is 0 Å². The highest BCUT2D eigenvalue weighted by Crippen LogP contribution is 2.20. The molecule has 29 heavy (non-hydrogen) atoms. The maximum atomic E-state index is 12.9. The standard InChI is InChI=1S/C22H29N3O3S/c1-16-5-7-20(13-18(16)3)23-22(26)15-24-9-11-25(12-10-24)29(27,28)21-8-6-17(2)19(4)14-21/h5-8,13-14H,9-12,15H2,1-4H3,(H,23,26). The van der Waals surface area contributed by atoms with E-state index in [1.165, 1.54) is 9.87 Å². The molecule has 1 aliphatic heterocycles. The van der Waals surface area contributed by atoms with Crippen molar-refractivity contribution in [3.63, 3.8) is 0 Å². The molecule has 7 heteroatoms. The molecule has 0 bridgehead atoms. The van der Waals surface area contributed by atoms with Crippen LogP contribution in [0.3, 0.4) is 0 Å². The van der Waals surface area contributed by atoms with Gasteiger partial charge in [-0.05, 0) is 74.2 Å². The predicted octanol–water partition coefficient (Wildman–Crippen LogP) is 2.87. The number of piperazine rings is 1. The molecule has 1 saturated heterocycles. The lowest BCUT2D eigenvalue weighted by atomic mass is 10.1. The molecule has 1 amide bonds. The van der Waals surface area contributed by atoms with Crippen LogP contribution in [-0.4, -0.2) is 56.3 Å². The summed E-state index contributed by atoms with van der Waals surface area (Å²) in [5, 5.41) is 2.92. The number of nitrogens with zero attached hydrogens (tertiary/aromatic N) is 2. The monoisotopic (exact) mass is 415 g/mol. The summed E-state index contributed by atoms with van der Waals surface area (Å²) in [5.41, 5.74) is 5.14. The van der Waals surface area contributed by atoms with Crippen LogP contribution in [0.2, 0.25) is 0 Å². The van der Waals surface area contributed by atoms with Crippen molar-refractivity contribution in [3.05, 3.63) is 58.7 Å². The van der Waals surface area contributed by atoms with Crippen molar-refractivity contribution < 1.29 is 13.2 Å². The zero-order valence-electron chi connectivity index (χ0n) is 17.5. The number of rotatable bonds is 5. The van der Waals surface area contributed by atoms with Gasteiger partial charge in [-0.25, -0.2) is 8.42 Å². The number of aryl methyl sites for hydroxylation is 4. The molecule has 2 aromatic rings. The number of hydrogen-bond acceptors (Lipinski definition) is 4. The van der Waals surface area contributed by atoms with Crippen LogP contribution in [-0.2, 0) is 14.8 Å². The lowest BCUT2D eigenvalue weighted by Gasteiger charge is -2.33. The van der Waals surface area contributed by atoms with E-state index in [2.05, 4.69) is 5.32 Å². The van der Waals surface area contributed by atoms with Crippen LogP contribution >= 0.6 is 0 Å². The van der Waals surface area contributed by atoms with Gasteiger partial charge in [0, 0.05) is 31.9 Å². The molecule has 0 aliphatic carbocycles. The summed E-state index contributed by atoms with van der Waals surface area (Å²) in [4.78, 5) is 14.7. The van der Waals surface area contributed by atoms with Crippen molar-refractivity contribution in [2.75, 3.05) is 38.0 Å². The Morgan fingerprint density at radius 3 is 2.03 bits per heavy atom. The van der Waals surface area contributed by atoms with E-state index in [-0.39, 0.29) is 12.5 Å². The molecule has 1 N–H and O–H groups in total. The summed E-state index contributed by atoms with van der Waals surface area (Å²) in [6.45, 7) is 10.0. The van der Waals surface area contributed by atoms with Gasteiger partial charge in [-0.2, -0.15) is 4.31 Å². The highest BCUT2D eigenvalue weighted by atomic mass is 32.2. The number of carbonyl (C=O) groups excluding carboxylic acids is 1. The minimum atomic E-state index is -3.50. The van der Waals surface area contributed by atoms with Crippen LogP contribution in [0.5, 0.6) is 0 Å². The van der Waals surface area contributed by atoms with Crippen molar-refractivity contribution in [3.8, 4) is 0 Å². The van der Waals surface area contributed by atoms with Gasteiger partial charge in [0.05, 0.1) is 11.4 Å². The minimum absolute atomic E-state index is 0.0845. The van der Waals surface area contributed by atoms with E-state index in [9.17, 15) is 13.2 Å². The molecular formula is C22H29N3O3S. The van der Waals surface area contributed by atoms with Crippen LogP contribution in [0.15, 0.2) is 41.3 Å². The molecule has 6 nitrogen and oxygen atoms in total. The number of anilines is 1. The first-order valence-electron chi connectivity index (χ1n) is 9.83. The largest absolute Gasteiger partial charge is 0.325 e. The van der Waals surface area contributed by atoms with Crippen molar-refractivity contribution in [1.82, 2.24) is 9.21 Å². The number of amides is 1. The summed E-state index contributed by atoms with van der Waals surface area (Å²) < 4.78 is 27.3. The number of benzene rings is 2. The second kappa shape index (κ2) is 8.65. The quantitative estimate of drug-likeness (QED) is 0.815. The van der Waals surface area contributed by atoms with Gasteiger partial charge in [-0.3, -0.25) is 9.69 Å². The van der Waals surface area contributed by atoms with Crippen molar-refractivity contribution >= 4 is 21.6 Å². The molecule has 1 aliphatic rings. The number of nitrogens with one attached hydrogen (secondary N) is 1. The molecule has 2 aromatic carbocycles. The van der Waals surface area contributed by atoms with Gasteiger partial charge < -0.3 is 5.32 Å². The average molecular weight is 416 g/mol. The van der Waals surface area contributed by atoms with Gasteiger partial charge in [-0.1, -0.05) is 12.1 Å². The van der Waals surface area contributed by atoms with E-state index >= 15 is 0 Å². The summed E-state index contributed by atoms with van der Waals surface area (Å²) >= 11 is 0. The molecule has 156 valence electrons. The minimum Gasteiger partial charge on any atom is -0.325 e. The Hall–Kier alpha value is -2.22. The zero-order valence-corrected chi connectivity index (χ0v) is 18.3. The lowest BCUT2D eigenvalue weighted by molar-refractivity contribution is -0.117. The Morgan fingerprint density at radius 2 is 1.45 bits per heavy atom. The summed E-state index contributed by atoms with van der Waals surface area (Å²) in [6, 6.07) is 11.1. The molecule has 3 rings (SSSR count). The van der Waals surface area contributed by atoms with Gasteiger partial charge in [0.1, 0.15) is 0 Å². The summed E-state index contributed by atoms with van der Waals surface area (Å²) in [7, 11) is -3.50. The van der Waals surface area contributed by atoms with E-state index in [1.807, 2.05) is 56.9 Å². The Kier molecular flexibility index (Phi) is 6.41. The smallest absolute Gasteiger partial charge is 0.243 e. The van der Waals surface area contributed by atoms with Gasteiger partial charge in [-0.15, -0.1) is 0 Å². The van der Waals surface area contributed by atoms with Crippen LogP contribution in [0.4, 0.5) is 5.69 Å².